The van der Waals surface area contributed by atoms with Gasteiger partial charge in [0.1, 0.15) is 0 Å². The van der Waals surface area contributed by atoms with Crippen LogP contribution in [0.3, 0.4) is 0 Å². The summed E-state index contributed by atoms with van der Waals surface area (Å²) >= 11 is 3.77. The van der Waals surface area contributed by atoms with Crippen LogP contribution in [0.15, 0.2) is 138 Å². The lowest BCUT2D eigenvalue weighted by atomic mass is 9.82. The lowest BCUT2D eigenvalue weighted by Crippen LogP contribution is -2.39. The minimum atomic E-state index is -0.536. The first-order valence-electron chi connectivity index (χ1n) is 12.7. The van der Waals surface area contributed by atoms with Crippen LogP contribution in [-0.4, -0.2) is 11.5 Å². The van der Waals surface area contributed by atoms with Crippen molar-refractivity contribution < 1.29 is 0 Å². The van der Waals surface area contributed by atoms with E-state index in [-0.39, 0.29) is 0 Å². The molecule has 4 heteroatoms. The number of halogens is 1. The van der Waals surface area contributed by atoms with Crippen LogP contribution in [0, 0.1) is 0 Å². The van der Waals surface area contributed by atoms with E-state index in [0.29, 0.717) is 6.54 Å². The van der Waals surface area contributed by atoms with E-state index in [4.69, 9.17) is 5.73 Å². The van der Waals surface area contributed by atoms with Crippen molar-refractivity contribution in [1.82, 2.24) is 10.3 Å². The number of hydrogen-bond donors (Lipinski definition) is 2. The van der Waals surface area contributed by atoms with Gasteiger partial charge in [0, 0.05) is 29.1 Å². The first kappa shape index (κ1) is 25.7. The molecule has 5 rings (SSSR count). The van der Waals surface area contributed by atoms with Gasteiger partial charge in [-0.2, -0.15) is 0 Å². The van der Waals surface area contributed by atoms with Gasteiger partial charge in [0.15, 0.2) is 0 Å². The lowest BCUT2D eigenvalue weighted by Gasteiger charge is -2.35. The maximum absolute atomic E-state index is 6.08. The van der Waals surface area contributed by atoms with Crippen molar-refractivity contribution in [2.75, 3.05) is 6.54 Å². The summed E-state index contributed by atoms with van der Waals surface area (Å²) in [5.41, 5.74) is 14.5. The van der Waals surface area contributed by atoms with Gasteiger partial charge in [-0.05, 0) is 82.3 Å². The van der Waals surface area contributed by atoms with Crippen molar-refractivity contribution in [3.8, 4) is 22.3 Å². The lowest BCUT2D eigenvalue weighted by molar-refractivity contribution is 0.518. The SMILES string of the molecule is CC(N/C(=C\CN)c1ccc(-c2ccccc2)cc1)(c1ccccc1)c1cc(Br)cc(-c2ccncc2)c1. The second kappa shape index (κ2) is 11.6. The number of hydrogen-bond acceptors (Lipinski definition) is 3. The molecule has 0 radical (unpaired) electrons. The Labute approximate surface area is 233 Å². The second-order valence-electron chi connectivity index (χ2n) is 9.38. The first-order valence-corrected chi connectivity index (χ1v) is 13.5. The fourth-order valence-electron chi connectivity index (χ4n) is 4.77. The van der Waals surface area contributed by atoms with Crippen LogP contribution in [0.1, 0.15) is 23.6 Å². The van der Waals surface area contributed by atoms with E-state index in [1.54, 1.807) is 0 Å². The Bertz CT molecular complexity index is 1520. The Kier molecular flexibility index (Phi) is 7.83. The molecule has 0 saturated heterocycles. The predicted octanol–water partition coefficient (Wildman–Crippen LogP) is 8.03. The largest absolute Gasteiger partial charge is 0.372 e. The first-order chi connectivity index (χ1) is 18.6. The van der Waals surface area contributed by atoms with Gasteiger partial charge in [-0.15, -0.1) is 0 Å². The molecule has 1 aromatic heterocycles. The van der Waals surface area contributed by atoms with E-state index in [1.807, 2.05) is 36.7 Å². The summed E-state index contributed by atoms with van der Waals surface area (Å²) in [6.07, 6.45) is 5.71. The van der Waals surface area contributed by atoms with Gasteiger partial charge in [-0.1, -0.05) is 101 Å². The highest BCUT2D eigenvalue weighted by atomic mass is 79.9. The number of benzene rings is 4. The Hall–Kier alpha value is -3.99. The number of nitrogens with zero attached hydrogens (tertiary/aromatic N) is 1. The normalized spacial score (nSPS) is 13.1. The highest BCUT2D eigenvalue weighted by Crippen LogP contribution is 2.36. The van der Waals surface area contributed by atoms with E-state index in [2.05, 4.69) is 130 Å². The summed E-state index contributed by atoms with van der Waals surface area (Å²) in [4.78, 5) is 4.19. The number of nitrogens with one attached hydrogen (secondary N) is 1. The standard InChI is InChI=1S/C34H30BrN3/c1-34(30-10-6-3-7-11-30,31-22-29(23-32(35)24-31)27-17-20-37-21-18-27)38-33(16-19-36)28-14-12-26(13-15-28)25-8-4-2-5-9-25/h2-18,20-24,38H,19,36H2,1H3/b33-16-. The zero-order valence-electron chi connectivity index (χ0n) is 21.3. The topological polar surface area (TPSA) is 50.9 Å². The van der Waals surface area contributed by atoms with Crippen LogP contribution in [-0.2, 0) is 5.54 Å². The van der Waals surface area contributed by atoms with E-state index < -0.39 is 5.54 Å². The highest BCUT2D eigenvalue weighted by molar-refractivity contribution is 9.10. The van der Waals surface area contributed by atoms with Gasteiger partial charge < -0.3 is 11.1 Å². The highest BCUT2D eigenvalue weighted by Gasteiger charge is 2.30. The monoisotopic (exact) mass is 559 g/mol. The summed E-state index contributed by atoms with van der Waals surface area (Å²) < 4.78 is 1.02. The van der Waals surface area contributed by atoms with Crippen molar-refractivity contribution in [2.24, 2.45) is 5.73 Å². The molecule has 0 fully saturated rings. The minimum absolute atomic E-state index is 0.425. The predicted molar refractivity (Wildman–Crippen MR) is 162 cm³/mol. The van der Waals surface area contributed by atoms with Crippen molar-refractivity contribution in [3.63, 3.8) is 0 Å². The molecular weight excluding hydrogens is 530 g/mol. The molecule has 0 saturated carbocycles. The molecule has 0 aliphatic heterocycles. The quantitative estimate of drug-likeness (QED) is 0.202. The summed E-state index contributed by atoms with van der Waals surface area (Å²) in [5, 5.41) is 3.89. The number of nitrogens with two attached hydrogens (primary N) is 1. The molecule has 38 heavy (non-hydrogen) atoms. The van der Waals surface area contributed by atoms with Crippen molar-refractivity contribution in [3.05, 3.63) is 155 Å². The third-order valence-electron chi connectivity index (χ3n) is 6.85. The van der Waals surface area contributed by atoms with Crippen LogP contribution in [0.5, 0.6) is 0 Å². The second-order valence-corrected chi connectivity index (χ2v) is 10.3. The van der Waals surface area contributed by atoms with Gasteiger partial charge in [-0.3, -0.25) is 4.98 Å². The molecule has 0 aliphatic rings. The van der Waals surface area contributed by atoms with Gasteiger partial charge >= 0.3 is 0 Å². The Balaban J connectivity index is 1.58. The molecule has 1 atom stereocenters. The number of aromatic nitrogens is 1. The molecule has 0 bridgehead atoms. The van der Waals surface area contributed by atoms with E-state index in [9.17, 15) is 0 Å². The average molecular weight is 561 g/mol. The summed E-state index contributed by atoms with van der Waals surface area (Å²) in [6.45, 7) is 2.65. The van der Waals surface area contributed by atoms with Gasteiger partial charge in [0.2, 0.25) is 0 Å². The fraction of sp³-hybridized carbons (Fsp3) is 0.0882. The molecule has 1 unspecified atom stereocenters. The molecule has 188 valence electrons. The average Bonchev–Trinajstić information content (AvgIpc) is 2.98. The minimum Gasteiger partial charge on any atom is -0.372 e. The molecule has 0 amide bonds. The van der Waals surface area contributed by atoms with Crippen LogP contribution >= 0.6 is 15.9 Å². The summed E-state index contributed by atoms with van der Waals surface area (Å²) in [6, 6.07) is 40.3. The van der Waals surface area contributed by atoms with Crippen LogP contribution in [0.4, 0.5) is 0 Å². The van der Waals surface area contributed by atoms with Crippen molar-refractivity contribution in [2.45, 2.75) is 12.5 Å². The smallest absolute Gasteiger partial charge is 0.0851 e. The zero-order valence-corrected chi connectivity index (χ0v) is 22.9. The summed E-state index contributed by atoms with van der Waals surface area (Å²) in [7, 11) is 0. The maximum atomic E-state index is 6.08. The Morgan fingerprint density at radius 1 is 0.737 bits per heavy atom. The molecule has 3 nitrogen and oxygen atoms in total. The molecule has 4 aromatic carbocycles. The van der Waals surface area contributed by atoms with Crippen LogP contribution in [0.25, 0.3) is 28.0 Å². The van der Waals surface area contributed by atoms with Gasteiger partial charge in [0.05, 0.1) is 5.54 Å². The molecule has 5 aromatic rings. The van der Waals surface area contributed by atoms with Gasteiger partial charge in [-0.25, -0.2) is 0 Å². The van der Waals surface area contributed by atoms with Crippen LogP contribution < -0.4 is 11.1 Å². The van der Waals surface area contributed by atoms with Crippen molar-refractivity contribution in [1.29, 1.82) is 0 Å². The van der Waals surface area contributed by atoms with E-state index in [1.165, 1.54) is 11.1 Å². The number of pyridine rings is 1. The molecule has 0 spiro atoms. The van der Waals surface area contributed by atoms with Crippen molar-refractivity contribution >= 4 is 21.6 Å². The Morgan fingerprint density at radius 2 is 1.34 bits per heavy atom. The Morgan fingerprint density at radius 3 is 2.00 bits per heavy atom. The zero-order chi connectivity index (χ0) is 26.4. The third kappa shape index (κ3) is 5.62. The van der Waals surface area contributed by atoms with E-state index in [0.717, 1.165) is 38.0 Å². The maximum Gasteiger partial charge on any atom is 0.0851 e. The fourth-order valence-corrected chi connectivity index (χ4v) is 5.27. The van der Waals surface area contributed by atoms with Gasteiger partial charge in [0.25, 0.3) is 0 Å². The summed E-state index contributed by atoms with van der Waals surface area (Å²) in [5.74, 6) is 0. The van der Waals surface area contributed by atoms with E-state index >= 15 is 0 Å². The molecular formula is C34H30BrN3. The van der Waals surface area contributed by atoms with Crippen LogP contribution in [0.2, 0.25) is 0 Å². The number of rotatable bonds is 8. The molecule has 3 N–H and O–H groups in total. The molecule has 0 aliphatic carbocycles. The third-order valence-corrected chi connectivity index (χ3v) is 7.31. The molecule has 1 heterocycles.